The molecule has 3 nitrogen and oxygen atoms in total. The molecule has 0 saturated carbocycles. The van der Waals surface area contributed by atoms with Crippen molar-refractivity contribution in [2.45, 2.75) is 76.8 Å². The smallest absolute Gasteiger partial charge is 0.144 e. The molecule has 8 aliphatic rings. The lowest BCUT2D eigenvalue weighted by molar-refractivity contribution is 0.175. The van der Waals surface area contributed by atoms with E-state index >= 15 is 0 Å². The first-order chi connectivity index (χ1) is 25.1. The number of allylic oxidation sites excluding steroid dienone is 20. The number of nitrogens with zero attached hydrogens (tertiary/aromatic N) is 2. The van der Waals surface area contributed by atoms with Crippen molar-refractivity contribution in [2.75, 3.05) is 0 Å². The Hall–Kier alpha value is -4.76. The summed E-state index contributed by atoms with van der Waals surface area (Å²) in [7, 11) is 0. The van der Waals surface area contributed by atoms with Crippen molar-refractivity contribution in [1.82, 2.24) is 5.32 Å². The number of hydrogen-bond donors (Lipinski definition) is 1. The zero-order chi connectivity index (χ0) is 34.2. The molecule has 1 aliphatic heterocycles. The monoisotopic (exact) mass is 667 g/mol. The van der Waals surface area contributed by atoms with Crippen molar-refractivity contribution >= 4 is 17.2 Å². The van der Waals surface area contributed by atoms with Gasteiger partial charge >= 0.3 is 0 Å². The van der Waals surface area contributed by atoms with Gasteiger partial charge in [0, 0.05) is 23.3 Å². The molecule has 256 valence electrons. The van der Waals surface area contributed by atoms with Crippen LogP contribution in [0.4, 0.5) is 0 Å². The van der Waals surface area contributed by atoms with Crippen LogP contribution in [0.15, 0.2) is 171 Å². The van der Waals surface area contributed by atoms with Gasteiger partial charge in [0.25, 0.3) is 0 Å². The lowest BCUT2D eigenvalue weighted by Crippen LogP contribution is -2.42. The van der Waals surface area contributed by atoms with Gasteiger partial charge in [0.05, 0.1) is 0 Å². The van der Waals surface area contributed by atoms with Crippen molar-refractivity contribution in [3.8, 4) is 0 Å². The second-order valence-electron chi connectivity index (χ2n) is 15.7. The normalized spacial score (nSPS) is 32.2. The molecule has 0 fully saturated rings. The molecule has 51 heavy (non-hydrogen) atoms. The highest BCUT2D eigenvalue weighted by Gasteiger charge is 2.45. The molecule has 1 aromatic rings. The first-order valence-electron chi connectivity index (χ1n) is 19.4. The van der Waals surface area contributed by atoms with E-state index in [2.05, 4.69) is 146 Å². The lowest BCUT2D eigenvalue weighted by atomic mass is 9.56. The third-order valence-corrected chi connectivity index (χ3v) is 12.3. The van der Waals surface area contributed by atoms with Gasteiger partial charge in [-0.3, -0.25) is 0 Å². The van der Waals surface area contributed by atoms with Gasteiger partial charge < -0.3 is 5.32 Å². The Morgan fingerprint density at radius 1 is 0.824 bits per heavy atom. The number of aliphatic imine (C=N–C) groups is 2. The van der Waals surface area contributed by atoms with Crippen LogP contribution in [0.5, 0.6) is 0 Å². The first kappa shape index (κ1) is 32.2. The summed E-state index contributed by atoms with van der Waals surface area (Å²) in [6.07, 6.45) is 51.5. The molecular formula is C48H49N3. The summed E-state index contributed by atoms with van der Waals surface area (Å²) in [5.41, 5.74) is 11.2. The molecule has 6 unspecified atom stereocenters. The van der Waals surface area contributed by atoms with Crippen LogP contribution in [0.2, 0.25) is 0 Å². The number of benzene rings is 1. The Morgan fingerprint density at radius 3 is 2.57 bits per heavy atom. The largest absolute Gasteiger partial charge is 0.344 e. The fourth-order valence-electron chi connectivity index (χ4n) is 9.57. The van der Waals surface area contributed by atoms with Crippen molar-refractivity contribution in [3.63, 3.8) is 0 Å². The second-order valence-corrected chi connectivity index (χ2v) is 15.7. The molecule has 0 saturated heterocycles. The highest BCUT2D eigenvalue weighted by Crippen LogP contribution is 2.55. The first-order valence-corrected chi connectivity index (χ1v) is 19.4. The van der Waals surface area contributed by atoms with Crippen LogP contribution in [0.3, 0.4) is 0 Å². The highest BCUT2D eigenvalue weighted by molar-refractivity contribution is 6.10. The van der Waals surface area contributed by atoms with Gasteiger partial charge in [0.1, 0.15) is 17.8 Å². The molecule has 1 aromatic carbocycles. The van der Waals surface area contributed by atoms with Crippen LogP contribution in [-0.2, 0) is 0 Å². The van der Waals surface area contributed by atoms with E-state index in [1.165, 1.54) is 57.4 Å². The van der Waals surface area contributed by atoms with E-state index in [1.54, 1.807) is 0 Å². The van der Waals surface area contributed by atoms with E-state index in [-0.39, 0.29) is 23.4 Å². The Bertz CT molecular complexity index is 2020. The van der Waals surface area contributed by atoms with E-state index in [0.29, 0.717) is 11.8 Å². The average molecular weight is 668 g/mol. The zero-order valence-electron chi connectivity index (χ0n) is 29.8. The number of fused-ring (bicyclic) bond motifs is 3. The fraction of sp³-hybridized carbons (Fsp3) is 0.333. The molecule has 1 N–H and O–H groups in total. The minimum Gasteiger partial charge on any atom is -0.344 e. The van der Waals surface area contributed by atoms with Gasteiger partial charge in [-0.1, -0.05) is 141 Å². The fourth-order valence-corrected chi connectivity index (χ4v) is 9.57. The van der Waals surface area contributed by atoms with E-state index in [4.69, 9.17) is 9.98 Å². The Kier molecular flexibility index (Phi) is 8.67. The summed E-state index contributed by atoms with van der Waals surface area (Å²) >= 11 is 0. The number of nitrogens with one attached hydrogen (secondary N) is 1. The maximum atomic E-state index is 5.44. The van der Waals surface area contributed by atoms with Crippen LogP contribution in [0, 0.1) is 23.2 Å². The van der Waals surface area contributed by atoms with E-state index in [1.807, 2.05) is 0 Å². The van der Waals surface area contributed by atoms with Crippen molar-refractivity contribution in [1.29, 1.82) is 0 Å². The van der Waals surface area contributed by atoms with Crippen LogP contribution in [-0.4, -0.2) is 17.8 Å². The second kappa shape index (κ2) is 13.8. The predicted molar refractivity (Wildman–Crippen MR) is 214 cm³/mol. The van der Waals surface area contributed by atoms with Gasteiger partial charge in [-0.05, 0) is 108 Å². The van der Waals surface area contributed by atoms with Crippen molar-refractivity contribution in [3.05, 3.63) is 173 Å². The molecule has 0 aromatic heterocycles. The summed E-state index contributed by atoms with van der Waals surface area (Å²) in [4.78, 5) is 10.6. The van der Waals surface area contributed by atoms with Gasteiger partial charge in [0.2, 0.25) is 0 Å². The SMILES string of the molecule is CC12C=CCCC1C1C=CC=CC1=C(C1=CC(c3ccc(C4=CC=CCC4)cc3)CC(C3N=C(C4C=CC=CC4)N=C(C4=CCCC=C4)N3)=C1)C2. The molecular weight excluding hydrogens is 619 g/mol. The molecule has 1 heterocycles. The van der Waals surface area contributed by atoms with Crippen LogP contribution in [0.1, 0.15) is 81.8 Å². The third kappa shape index (κ3) is 6.37. The summed E-state index contributed by atoms with van der Waals surface area (Å²) < 4.78 is 0. The summed E-state index contributed by atoms with van der Waals surface area (Å²) in [6.45, 7) is 2.51. The van der Waals surface area contributed by atoms with E-state index in [0.717, 1.165) is 56.6 Å². The molecule has 0 amide bonds. The Balaban J connectivity index is 1.14. The number of hydrogen-bond acceptors (Lipinski definition) is 3. The van der Waals surface area contributed by atoms with Crippen LogP contribution < -0.4 is 5.32 Å². The van der Waals surface area contributed by atoms with Gasteiger partial charge in [-0.15, -0.1) is 0 Å². The highest BCUT2D eigenvalue weighted by atomic mass is 15.2. The third-order valence-electron chi connectivity index (χ3n) is 12.3. The quantitative estimate of drug-likeness (QED) is 0.301. The number of rotatable bonds is 6. The molecule has 7 aliphatic carbocycles. The number of amidine groups is 2. The molecule has 0 bridgehead atoms. The standard InChI is InChI=1S/C48H49N3/c1-48-28-14-13-23-44(48)42-22-12-11-21-41(42)43(32-48)39-29-38(35-26-24-34(25-27-35)33-15-5-2-6-16-33)30-40(31-39)47-50-45(36-17-7-3-8-18-36)49-46(51-47)37-19-9-4-10-20-37/h2-3,5,7-9,11-12,14-15,17,19-22,24-29,31,36,38,42,44,47H,4,6,10,13,16,18,23,30,32H2,1H3,(H,49,50,51). The van der Waals surface area contributed by atoms with Crippen LogP contribution >= 0.6 is 0 Å². The molecule has 6 atom stereocenters. The maximum absolute atomic E-state index is 5.44. The zero-order valence-corrected chi connectivity index (χ0v) is 29.8. The Labute approximate surface area is 304 Å². The average Bonchev–Trinajstić information content (AvgIpc) is 3.21. The summed E-state index contributed by atoms with van der Waals surface area (Å²) in [5, 5.41) is 3.86. The molecule has 9 rings (SSSR count). The van der Waals surface area contributed by atoms with Crippen molar-refractivity contribution in [2.24, 2.45) is 33.2 Å². The van der Waals surface area contributed by atoms with Gasteiger partial charge in [-0.25, -0.2) is 9.98 Å². The van der Waals surface area contributed by atoms with Crippen molar-refractivity contribution < 1.29 is 0 Å². The molecule has 0 radical (unpaired) electrons. The summed E-state index contributed by atoms with van der Waals surface area (Å²) in [5.74, 6) is 3.43. The maximum Gasteiger partial charge on any atom is 0.144 e. The minimum atomic E-state index is -0.169. The van der Waals surface area contributed by atoms with Crippen LogP contribution in [0.25, 0.3) is 5.57 Å². The summed E-state index contributed by atoms with van der Waals surface area (Å²) in [6, 6.07) is 9.47. The van der Waals surface area contributed by atoms with E-state index in [9.17, 15) is 0 Å². The van der Waals surface area contributed by atoms with Gasteiger partial charge in [0.15, 0.2) is 0 Å². The lowest BCUT2D eigenvalue weighted by Gasteiger charge is -2.48. The minimum absolute atomic E-state index is 0.151. The predicted octanol–water partition coefficient (Wildman–Crippen LogP) is 11.3. The Morgan fingerprint density at radius 2 is 1.75 bits per heavy atom. The van der Waals surface area contributed by atoms with Gasteiger partial charge in [-0.2, -0.15) is 0 Å². The molecule has 0 spiro atoms. The van der Waals surface area contributed by atoms with E-state index < -0.39 is 0 Å². The topological polar surface area (TPSA) is 36.8 Å². The molecule has 3 heteroatoms.